The molecule has 0 amide bonds. The molecule has 5 heteroatoms. The first-order valence-electron chi connectivity index (χ1n) is 7.08. The van der Waals surface area contributed by atoms with Crippen LogP contribution in [0.4, 0.5) is 4.39 Å². The Labute approximate surface area is 127 Å². The van der Waals surface area contributed by atoms with Gasteiger partial charge in [-0.3, -0.25) is 0 Å². The fourth-order valence-electron chi connectivity index (χ4n) is 2.71. The van der Waals surface area contributed by atoms with E-state index >= 15 is 0 Å². The lowest BCUT2D eigenvalue weighted by Gasteiger charge is -2.16. The normalized spacial score (nSPS) is 28.0. The first-order chi connectivity index (χ1) is 10.6. The van der Waals surface area contributed by atoms with Crippen molar-refractivity contribution in [1.29, 1.82) is 0 Å². The monoisotopic (exact) mass is 304 g/mol. The molecule has 0 spiro atoms. The molecular weight excluding hydrogens is 287 g/mol. The van der Waals surface area contributed by atoms with E-state index in [0.717, 1.165) is 11.1 Å². The van der Waals surface area contributed by atoms with E-state index in [-0.39, 0.29) is 12.4 Å². The SMILES string of the molecule is OC[C@H]1O[C@@H](c2cccc(-c3ccc(F)cc3)c2)[C@H](O)[C@@H]1O. The highest BCUT2D eigenvalue weighted by Crippen LogP contribution is 2.35. The summed E-state index contributed by atoms with van der Waals surface area (Å²) in [6.07, 6.45) is -3.72. The van der Waals surface area contributed by atoms with Crippen LogP contribution >= 0.6 is 0 Å². The van der Waals surface area contributed by atoms with Crippen LogP contribution in [-0.4, -0.2) is 40.2 Å². The number of ether oxygens (including phenoxy) is 1. The van der Waals surface area contributed by atoms with E-state index in [1.165, 1.54) is 12.1 Å². The summed E-state index contributed by atoms with van der Waals surface area (Å²) in [5.74, 6) is -0.302. The molecular formula is C17H17FO4. The van der Waals surface area contributed by atoms with Gasteiger partial charge in [-0.05, 0) is 34.9 Å². The highest BCUT2D eigenvalue weighted by molar-refractivity contribution is 5.64. The Bertz CT molecular complexity index is 643. The molecule has 0 aromatic heterocycles. The standard InChI is InChI=1S/C17H17FO4/c18-13-6-4-10(5-7-13)11-2-1-3-12(8-11)17-16(21)15(20)14(9-19)22-17/h1-8,14-17,19-21H,9H2/t14-,15-,16-,17+/m1/s1. The van der Waals surface area contributed by atoms with Crippen LogP contribution in [0.25, 0.3) is 11.1 Å². The molecule has 4 atom stereocenters. The second-order valence-electron chi connectivity index (χ2n) is 5.39. The number of aliphatic hydroxyl groups is 3. The summed E-state index contributed by atoms with van der Waals surface area (Å²) in [4.78, 5) is 0. The molecule has 1 heterocycles. The zero-order valence-electron chi connectivity index (χ0n) is 11.8. The van der Waals surface area contributed by atoms with E-state index in [9.17, 15) is 14.6 Å². The van der Waals surface area contributed by atoms with E-state index in [4.69, 9.17) is 9.84 Å². The minimum Gasteiger partial charge on any atom is -0.394 e. The smallest absolute Gasteiger partial charge is 0.123 e. The third kappa shape index (κ3) is 2.76. The molecule has 4 nitrogen and oxygen atoms in total. The Morgan fingerprint density at radius 2 is 1.68 bits per heavy atom. The van der Waals surface area contributed by atoms with Gasteiger partial charge in [-0.2, -0.15) is 0 Å². The molecule has 2 aromatic carbocycles. The molecule has 0 bridgehead atoms. The number of halogens is 1. The summed E-state index contributed by atoms with van der Waals surface area (Å²) in [5, 5.41) is 29.0. The van der Waals surface area contributed by atoms with Gasteiger partial charge in [-0.1, -0.05) is 30.3 Å². The number of benzene rings is 2. The lowest BCUT2D eigenvalue weighted by atomic mass is 9.97. The van der Waals surface area contributed by atoms with Gasteiger partial charge in [0.15, 0.2) is 0 Å². The fraction of sp³-hybridized carbons (Fsp3) is 0.294. The minimum atomic E-state index is -1.12. The van der Waals surface area contributed by atoms with Crippen molar-refractivity contribution in [3.05, 3.63) is 59.9 Å². The molecule has 1 fully saturated rings. The number of aliphatic hydroxyl groups excluding tert-OH is 3. The van der Waals surface area contributed by atoms with Gasteiger partial charge < -0.3 is 20.1 Å². The average molecular weight is 304 g/mol. The van der Waals surface area contributed by atoms with Gasteiger partial charge in [-0.25, -0.2) is 4.39 Å². The van der Waals surface area contributed by atoms with Crippen LogP contribution in [0.15, 0.2) is 48.5 Å². The summed E-state index contributed by atoms with van der Waals surface area (Å²) < 4.78 is 18.5. The Morgan fingerprint density at radius 3 is 2.32 bits per heavy atom. The molecule has 0 radical (unpaired) electrons. The zero-order chi connectivity index (χ0) is 15.7. The van der Waals surface area contributed by atoms with Crippen molar-refractivity contribution < 1.29 is 24.4 Å². The average Bonchev–Trinajstić information content (AvgIpc) is 2.84. The molecule has 116 valence electrons. The number of hydrogen-bond acceptors (Lipinski definition) is 4. The molecule has 1 aliphatic heterocycles. The fourth-order valence-corrected chi connectivity index (χ4v) is 2.71. The maximum absolute atomic E-state index is 13.0. The number of hydrogen-bond donors (Lipinski definition) is 3. The van der Waals surface area contributed by atoms with Crippen molar-refractivity contribution in [2.75, 3.05) is 6.61 Å². The molecule has 0 aliphatic carbocycles. The van der Waals surface area contributed by atoms with Crippen molar-refractivity contribution in [1.82, 2.24) is 0 Å². The van der Waals surface area contributed by atoms with E-state index < -0.39 is 24.4 Å². The Hall–Kier alpha value is -1.79. The topological polar surface area (TPSA) is 69.9 Å². The molecule has 0 unspecified atom stereocenters. The summed E-state index contributed by atoms with van der Waals surface area (Å²) in [6.45, 7) is -0.355. The predicted octanol–water partition coefficient (Wildman–Crippen LogP) is 1.65. The summed E-state index contributed by atoms with van der Waals surface area (Å²) >= 11 is 0. The van der Waals surface area contributed by atoms with Crippen molar-refractivity contribution in [3.63, 3.8) is 0 Å². The highest BCUT2D eigenvalue weighted by Gasteiger charge is 2.42. The lowest BCUT2D eigenvalue weighted by molar-refractivity contribution is -0.0227. The molecule has 3 N–H and O–H groups in total. The first-order valence-corrected chi connectivity index (χ1v) is 7.08. The summed E-state index contributed by atoms with van der Waals surface area (Å²) in [5.41, 5.74) is 2.40. The van der Waals surface area contributed by atoms with Crippen LogP contribution in [0.3, 0.4) is 0 Å². The Kier molecular flexibility index (Phi) is 4.22. The van der Waals surface area contributed by atoms with E-state index in [1.54, 1.807) is 18.2 Å². The quantitative estimate of drug-likeness (QED) is 0.806. The van der Waals surface area contributed by atoms with Crippen LogP contribution in [-0.2, 0) is 4.74 Å². The van der Waals surface area contributed by atoms with Gasteiger partial charge in [0.1, 0.15) is 30.2 Å². The van der Waals surface area contributed by atoms with Gasteiger partial charge in [0.2, 0.25) is 0 Å². The van der Waals surface area contributed by atoms with E-state index in [0.29, 0.717) is 5.56 Å². The largest absolute Gasteiger partial charge is 0.394 e. The van der Waals surface area contributed by atoms with Gasteiger partial charge in [0, 0.05) is 0 Å². The van der Waals surface area contributed by atoms with Crippen molar-refractivity contribution in [3.8, 4) is 11.1 Å². The zero-order valence-corrected chi connectivity index (χ0v) is 11.8. The molecule has 2 aromatic rings. The third-order valence-corrected chi connectivity index (χ3v) is 3.94. The van der Waals surface area contributed by atoms with Gasteiger partial charge in [0.05, 0.1) is 6.61 Å². The highest BCUT2D eigenvalue weighted by atomic mass is 19.1. The van der Waals surface area contributed by atoms with E-state index in [2.05, 4.69) is 0 Å². The Balaban J connectivity index is 1.90. The predicted molar refractivity (Wildman–Crippen MR) is 78.5 cm³/mol. The van der Waals surface area contributed by atoms with Crippen molar-refractivity contribution >= 4 is 0 Å². The second kappa shape index (κ2) is 6.14. The maximum atomic E-state index is 13.0. The van der Waals surface area contributed by atoms with Crippen molar-refractivity contribution in [2.24, 2.45) is 0 Å². The minimum absolute atomic E-state index is 0.302. The maximum Gasteiger partial charge on any atom is 0.123 e. The molecule has 0 saturated carbocycles. The van der Waals surface area contributed by atoms with Crippen LogP contribution in [0.2, 0.25) is 0 Å². The number of rotatable bonds is 3. The second-order valence-corrected chi connectivity index (χ2v) is 5.39. The van der Waals surface area contributed by atoms with Gasteiger partial charge in [0.25, 0.3) is 0 Å². The molecule has 1 aliphatic rings. The van der Waals surface area contributed by atoms with E-state index in [1.807, 2.05) is 18.2 Å². The van der Waals surface area contributed by atoms with Gasteiger partial charge >= 0.3 is 0 Å². The van der Waals surface area contributed by atoms with Crippen LogP contribution < -0.4 is 0 Å². The molecule has 1 saturated heterocycles. The van der Waals surface area contributed by atoms with Gasteiger partial charge in [-0.15, -0.1) is 0 Å². The molecule has 22 heavy (non-hydrogen) atoms. The Morgan fingerprint density at radius 1 is 0.955 bits per heavy atom. The summed E-state index contributed by atoms with van der Waals surface area (Å²) in [7, 11) is 0. The molecule has 3 rings (SSSR count). The van der Waals surface area contributed by atoms with Crippen molar-refractivity contribution in [2.45, 2.75) is 24.4 Å². The summed E-state index contributed by atoms with van der Waals surface area (Å²) in [6, 6.07) is 13.4. The van der Waals surface area contributed by atoms with Crippen LogP contribution in [0.5, 0.6) is 0 Å². The third-order valence-electron chi connectivity index (χ3n) is 3.94. The first kappa shape index (κ1) is 15.1. The lowest BCUT2D eigenvalue weighted by Crippen LogP contribution is -2.32. The van der Waals surface area contributed by atoms with Crippen LogP contribution in [0, 0.1) is 5.82 Å². The van der Waals surface area contributed by atoms with Crippen LogP contribution in [0.1, 0.15) is 11.7 Å².